The summed E-state index contributed by atoms with van der Waals surface area (Å²) in [5, 5.41) is 19.4. The first kappa shape index (κ1) is 22.7. The highest BCUT2D eigenvalue weighted by Crippen LogP contribution is 2.62. The Bertz CT molecular complexity index is 1330. The molecule has 2 atom stereocenters. The Balaban J connectivity index is 1.60. The summed E-state index contributed by atoms with van der Waals surface area (Å²) < 4.78 is 18.1. The molecule has 2 unspecified atom stereocenters. The van der Waals surface area contributed by atoms with Crippen molar-refractivity contribution in [1.82, 2.24) is 0 Å². The van der Waals surface area contributed by atoms with Crippen LogP contribution >= 0.6 is 0 Å². The summed E-state index contributed by atoms with van der Waals surface area (Å²) in [6, 6.07) is 28.9. The van der Waals surface area contributed by atoms with Crippen molar-refractivity contribution in [2.45, 2.75) is 31.5 Å². The molecule has 0 aromatic heterocycles. The number of ether oxygens (including phenoxy) is 3. The van der Waals surface area contributed by atoms with Gasteiger partial charge in [-0.3, -0.25) is 0 Å². The van der Waals surface area contributed by atoms with E-state index >= 15 is 0 Å². The van der Waals surface area contributed by atoms with Gasteiger partial charge in [-0.2, -0.15) is 0 Å². The van der Waals surface area contributed by atoms with Crippen LogP contribution in [0.1, 0.15) is 36.1 Å². The van der Waals surface area contributed by atoms with Crippen molar-refractivity contribution >= 4 is 0 Å². The van der Waals surface area contributed by atoms with E-state index in [1.54, 1.807) is 13.8 Å². The summed E-state index contributed by atoms with van der Waals surface area (Å²) in [6.07, 6.45) is -1.15. The van der Waals surface area contributed by atoms with Crippen LogP contribution in [0.2, 0.25) is 0 Å². The average Bonchev–Trinajstić information content (AvgIpc) is 3.17. The molecule has 4 aromatic carbocycles. The molecule has 2 aliphatic rings. The molecule has 0 radical (unpaired) electrons. The predicted octanol–water partition coefficient (Wildman–Crippen LogP) is 5.67. The van der Waals surface area contributed by atoms with E-state index in [2.05, 4.69) is 60.7 Å². The second-order valence-corrected chi connectivity index (χ2v) is 9.58. The SMILES string of the molecule is CC(O)COc1ccc2c(c1)Oc1cc(OCC(C)O)ccc1C21c2ccccc2-c2ccccc21. The maximum absolute atomic E-state index is 9.70. The highest BCUT2D eigenvalue weighted by atomic mass is 16.5. The van der Waals surface area contributed by atoms with E-state index in [4.69, 9.17) is 14.2 Å². The summed E-state index contributed by atoms with van der Waals surface area (Å²) in [6.45, 7) is 3.79. The molecule has 0 fully saturated rings. The fourth-order valence-electron chi connectivity index (χ4n) is 5.49. The summed E-state index contributed by atoms with van der Waals surface area (Å²) >= 11 is 0. The third kappa shape index (κ3) is 3.47. The van der Waals surface area contributed by atoms with Crippen molar-refractivity contribution in [3.63, 3.8) is 0 Å². The molecule has 0 amide bonds. The molecule has 4 aromatic rings. The normalized spacial score (nSPS) is 15.7. The molecule has 0 bridgehead atoms. The van der Waals surface area contributed by atoms with Gasteiger partial charge in [-0.05, 0) is 48.2 Å². The Morgan fingerprint density at radius 3 is 1.53 bits per heavy atom. The van der Waals surface area contributed by atoms with Gasteiger partial charge in [0.25, 0.3) is 0 Å². The van der Waals surface area contributed by atoms with Crippen molar-refractivity contribution in [2.75, 3.05) is 13.2 Å². The van der Waals surface area contributed by atoms with Gasteiger partial charge in [0, 0.05) is 23.3 Å². The summed E-state index contributed by atoms with van der Waals surface area (Å²) in [4.78, 5) is 0. The Morgan fingerprint density at radius 2 is 1.08 bits per heavy atom. The summed E-state index contributed by atoms with van der Waals surface area (Å²) in [5.41, 5.74) is 6.32. The summed E-state index contributed by atoms with van der Waals surface area (Å²) in [7, 11) is 0. The van der Waals surface area contributed by atoms with E-state index in [0.717, 1.165) is 11.1 Å². The molecule has 36 heavy (non-hydrogen) atoms. The van der Waals surface area contributed by atoms with Crippen LogP contribution < -0.4 is 14.2 Å². The first-order valence-electron chi connectivity index (χ1n) is 12.3. The first-order chi connectivity index (χ1) is 17.5. The van der Waals surface area contributed by atoms with Gasteiger partial charge in [0.2, 0.25) is 0 Å². The number of hydrogen-bond acceptors (Lipinski definition) is 5. The van der Waals surface area contributed by atoms with Gasteiger partial charge in [-0.1, -0.05) is 60.7 Å². The van der Waals surface area contributed by atoms with Gasteiger partial charge >= 0.3 is 0 Å². The fraction of sp³-hybridized carbons (Fsp3) is 0.226. The summed E-state index contributed by atoms with van der Waals surface area (Å²) in [5.74, 6) is 2.67. The average molecular weight is 481 g/mol. The molecule has 6 rings (SSSR count). The van der Waals surface area contributed by atoms with Gasteiger partial charge < -0.3 is 24.4 Å². The standard InChI is InChI=1S/C31H28O5/c1-19(32)17-34-21-11-13-27-29(15-21)36-30-16-22(35-18-20(2)33)12-14-28(30)31(27)25-9-5-3-7-23(25)24-8-4-6-10-26(24)31/h3-16,19-20,32-33H,17-18H2,1-2H3. The minimum Gasteiger partial charge on any atom is -0.491 e. The third-order valence-electron chi connectivity index (χ3n) is 6.87. The molecule has 1 heterocycles. The number of benzene rings is 4. The molecular weight excluding hydrogens is 452 g/mol. The van der Waals surface area contributed by atoms with E-state index in [-0.39, 0.29) is 13.2 Å². The second-order valence-electron chi connectivity index (χ2n) is 9.58. The molecule has 0 saturated carbocycles. The first-order valence-corrected chi connectivity index (χ1v) is 12.3. The zero-order valence-corrected chi connectivity index (χ0v) is 20.3. The van der Waals surface area contributed by atoms with Crippen LogP contribution in [0.3, 0.4) is 0 Å². The largest absolute Gasteiger partial charge is 0.491 e. The number of hydrogen-bond donors (Lipinski definition) is 2. The lowest BCUT2D eigenvalue weighted by molar-refractivity contribution is 0.122. The van der Waals surface area contributed by atoms with E-state index in [0.29, 0.717) is 23.0 Å². The van der Waals surface area contributed by atoms with Crippen LogP contribution in [0.25, 0.3) is 11.1 Å². The quantitative estimate of drug-likeness (QED) is 0.321. The van der Waals surface area contributed by atoms with Crippen LogP contribution in [0.15, 0.2) is 84.9 Å². The number of fused-ring (bicyclic) bond motifs is 9. The van der Waals surface area contributed by atoms with Crippen molar-refractivity contribution in [1.29, 1.82) is 0 Å². The van der Waals surface area contributed by atoms with Crippen LogP contribution in [0.5, 0.6) is 23.0 Å². The highest BCUT2D eigenvalue weighted by Gasteiger charge is 2.51. The van der Waals surface area contributed by atoms with Crippen LogP contribution in [-0.2, 0) is 5.41 Å². The van der Waals surface area contributed by atoms with Crippen molar-refractivity contribution < 1.29 is 24.4 Å². The Kier molecular flexibility index (Phi) is 5.47. The monoisotopic (exact) mass is 480 g/mol. The van der Waals surface area contributed by atoms with Crippen molar-refractivity contribution in [2.24, 2.45) is 0 Å². The Labute approximate surface area is 210 Å². The number of aliphatic hydroxyl groups excluding tert-OH is 2. The van der Waals surface area contributed by atoms with Crippen molar-refractivity contribution in [3.8, 4) is 34.1 Å². The molecular formula is C31H28O5. The maximum Gasteiger partial charge on any atom is 0.135 e. The molecule has 5 heteroatoms. The third-order valence-corrected chi connectivity index (χ3v) is 6.87. The maximum atomic E-state index is 9.70. The van der Waals surface area contributed by atoms with Gasteiger partial charge in [0.15, 0.2) is 0 Å². The van der Waals surface area contributed by atoms with Crippen LogP contribution in [0, 0.1) is 0 Å². The van der Waals surface area contributed by atoms with Gasteiger partial charge in [-0.15, -0.1) is 0 Å². The topological polar surface area (TPSA) is 68.2 Å². The fourth-order valence-corrected chi connectivity index (χ4v) is 5.49. The van der Waals surface area contributed by atoms with E-state index in [1.165, 1.54) is 22.3 Å². The molecule has 1 spiro atoms. The van der Waals surface area contributed by atoms with Crippen LogP contribution in [0.4, 0.5) is 0 Å². The zero-order chi connectivity index (χ0) is 24.9. The van der Waals surface area contributed by atoms with E-state index < -0.39 is 17.6 Å². The highest BCUT2D eigenvalue weighted by molar-refractivity contribution is 5.88. The Hall–Kier alpha value is -3.80. The second kappa shape index (κ2) is 8.70. The molecule has 1 aliphatic carbocycles. The van der Waals surface area contributed by atoms with E-state index in [9.17, 15) is 10.2 Å². The number of aliphatic hydroxyl groups is 2. The van der Waals surface area contributed by atoms with Crippen LogP contribution in [-0.4, -0.2) is 35.6 Å². The van der Waals surface area contributed by atoms with E-state index in [1.807, 2.05) is 24.3 Å². The minimum atomic E-state index is -0.573. The minimum absolute atomic E-state index is 0.198. The number of rotatable bonds is 6. The van der Waals surface area contributed by atoms with Gasteiger partial charge in [0.1, 0.15) is 36.2 Å². The lowest BCUT2D eigenvalue weighted by atomic mass is 9.66. The lowest BCUT2D eigenvalue weighted by Gasteiger charge is -2.39. The molecule has 5 nitrogen and oxygen atoms in total. The van der Waals surface area contributed by atoms with Gasteiger partial charge in [-0.25, -0.2) is 0 Å². The Morgan fingerprint density at radius 1 is 0.639 bits per heavy atom. The molecule has 1 aliphatic heterocycles. The molecule has 2 N–H and O–H groups in total. The molecule has 182 valence electrons. The molecule has 0 saturated heterocycles. The van der Waals surface area contributed by atoms with Gasteiger partial charge in [0.05, 0.1) is 17.6 Å². The lowest BCUT2D eigenvalue weighted by Crippen LogP contribution is -2.32. The zero-order valence-electron chi connectivity index (χ0n) is 20.3. The van der Waals surface area contributed by atoms with Crippen molar-refractivity contribution in [3.05, 3.63) is 107 Å². The smallest absolute Gasteiger partial charge is 0.135 e. The predicted molar refractivity (Wildman–Crippen MR) is 138 cm³/mol.